The molecule has 1 atom stereocenters. The molecule has 1 unspecified atom stereocenters. The first-order valence-corrected chi connectivity index (χ1v) is 8.16. The number of likely N-dealkylation sites (tertiary alicyclic amines) is 1. The Labute approximate surface area is 127 Å². The zero-order chi connectivity index (χ0) is 15.5. The number of hydrogen-bond donors (Lipinski definition) is 1. The van der Waals surface area contributed by atoms with E-state index in [1.807, 2.05) is 7.05 Å². The fraction of sp³-hybridized carbons (Fsp3) is 0.875. The fourth-order valence-corrected chi connectivity index (χ4v) is 3.65. The van der Waals surface area contributed by atoms with Crippen molar-refractivity contribution in [3.8, 4) is 0 Å². The number of carboxylic acids is 1. The van der Waals surface area contributed by atoms with Gasteiger partial charge in [0, 0.05) is 26.7 Å². The molecule has 0 bridgehead atoms. The predicted octanol–water partition coefficient (Wildman–Crippen LogP) is 2.81. The molecule has 120 valence electrons. The van der Waals surface area contributed by atoms with E-state index in [2.05, 4.69) is 0 Å². The molecule has 0 radical (unpaired) electrons. The predicted molar refractivity (Wildman–Crippen MR) is 81.2 cm³/mol. The number of carboxylic acid groups (broad SMARTS) is 1. The van der Waals surface area contributed by atoms with Gasteiger partial charge in [0.05, 0.1) is 5.41 Å². The molecule has 1 heterocycles. The smallest absolute Gasteiger partial charge is 0.319 e. The number of hydrogen-bond acceptors (Lipinski definition) is 2. The Morgan fingerprint density at radius 1 is 1.24 bits per heavy atom. The minimum absolute atomic E-state index is 0.00671. The first-order valence-electron chi connectivity index (χ1n) is 8.16. The number of aliphatic carboxylic acids is 1. The lowest BCUT2D eigenvalue weighted by molar-refractivity contribution is -0.150. The normalized spacial score (nSPS) is 27.4. The molecule has 1 aliphatic carbocycles. The summed E-state index contributed by atoms with van der Waals surface area (Å²) in [5, 5.41) is 9.35. The first kappa shape index (κ1) is 16.1. The molecule has 2 aliphatic rings. The van der Waals surface area contributed by atoms with Gasteiger partial charge in [0.25, 0.3) is 0 Å². The lowest BCUT2D eigenvalue weighted by Gasteiger charge is -2.39. The second-order valence-corrected chi connectivity index (χ2v) is 7.06. The molecular formula is C16H28N2O3. The van der Waals surface area contributed by atoms with Gasteiger partial charge in [0.15, 0.2) is 0 Å². The van der Waals surface area contributed by atoms with Crippen LogP contribution in [0.1, 0.15) is 51.9 Å². The highest BCUT2D eigenvalue weighted by atomic mass is 16.4. The third-order valence-electron chi connectivity index (χ3n) is 5.07. The van der Waals surface area contributed by atoms with Crippen molar-refractivity contribution in [1.82, 2.24) is 9.80 Å². The first-order chi connectivity index (χ1) is 9.92. The largest absolute Gasteiger partial charge is 0.481 e. The number of rotatable bonds is 3. The summed E-state index contributed by atoms with van der Waals surface area (Å²) in [5.41, 5.74) is -0.792. The molecule has 21 heavy (non-hydrogen) atoms. The maximum absolute atomic E-state index is 12.5. The van der Waals surface area contributed by atoms with Crippen LogP contribution in [0.25, 0.3) is 0 Å². The van der Waals surface area contributed by atoms with Gasteiger partial charge in [0.1, 0.15) is 0 Å². The van der Waals surface area contributed by atoms with Crippen LogP contribution in [0.5, 0.6) is 0 Å². The van der Waals surface area contributed by atoms with Crippen molar-refractivity contribution in [2.24, 2.45) is 11.3 Å². The van der Waals surface area contributed by atoms with Gasteiger partial charge in [-0.15, -0.1) is 0 Å². The van der Waals surface area contributed by atoms with E-state index >= 15 is 0 Å². The Balaban J connectivity index is 1.90. The number of amides is 2. The van der Waals surface area contributed by atoms with Crippen LogP contribution >= 0.6 is 0 Å². The lowest BCUT2D eigenvalue weighted by atomic mass is 9.82. The van der Waals surface area contributed by atoms with Crippen LogP contribution in [0.4, 0.5) is 4.79 Å². The quantitative estimate of drug-likeness (QED) is 0.871. The third kappa shape index (κ3) is 3.89. The summed E-state index contributed by atoms with van der Waals surface area (Å²) in [6.07, 6.45) is 7.71. The summed E-state index contributed by atoms with van der Waals surface area (Å²) in [5.74, 6) is -0.182. The molecule has 2 rings (SSSR count). The van der Waals surface area contributed by atoms with Gasteiger partial charge in [-0.05, 0) is 38.5 Å². The number of urea groups is 1. The Bertz CT molecular complexity index is 393. The summed E-state index contributed by atoms with van der Waals surface area (Å²) in [6.45, 7) is 3.56. The molecule has 2 fully saturated rings. The van der Waals surface area contributed by atoms with E-state index in [0.29, 0.717) is 25.4 Å². The van der Waals surface area contributed by atoms with Crippen LogP contribution in [-0.2, 0) is 4.79 Å². The molecule has 1 saturated carbocycles. The Kier molecular flexibility index (Phi) is 5.12. The highest BCUT2D eigenvalue weighted by Gasteiger charge is 2.40. The molecule has 5 heteroatoms. The maximum Gasteiger partial charge on any atom is 0.319 e. The standard InChI is InChI=1S/C16H28N2O3/c1-16(14(19)20)9-6-10-18(12-16)15(21)17(2)11-13-7-4-3-5-8-13/h13H,3-12H2,1-2H3,(H,19,20). The van der Waals surface area contributed by atoms with E-state index in [1.165, 1.54) is 32.1 Å². The molecule has 1 aliphatic heterocycles. The van der Waals surface area contributed by atoms with Crippen LogP contribution in [0.2, 0.25) is 0 Å². The van der Waals surface area contributed by atoms with E-state index in [4.69, 9.17) is 0 Å². The van der Waals surface area contributed by atoms with Gasteiger partial charge in [0.2, 0.25) is 0 Å². The van der Waals surface area contributed by atoms with E-state index in [-0.39, 0.29) is 6.03 Å². The molecule has 1 N–H and O–H groups in total. The van der Waals surface area contributed by atoms with Gasteiger partial charge in [-0.25, -0.2) is 4.79 Å². The summed E-state index contributed by atoms with van der Waals surface area (Å²) < 4.78 is 0. The number of piperidine rings is 1. The van der Waals surface area contributed by atoms with Crippen molar-refractivity contribution in [2.45, 2.75) is 51.9 Å². The number of nitrogens with zero attached hydrogens (tertiary/aromatic N) is 2. The molecular weight excluding hydrogens is 268 g/mol. The van der Waals surface area contributed by atoms with Crippen LogP contribution in [0.15, 0.2) is 0 Å². The second-order valence-electron chi connectivity index (χ2n) is 7.06. The minimum atomic E-state index is -0.796. The van der Waals surface area contributed by atoms with Crippen molar-refractivity contribution in [1.29, 1.82) is 0 Å². The van der Waals surface area contributed by atoms with Gasteiger partial charge < -0.3 is 14.9 Å². The van der Waals surface area contributed by atoms with Gasteiger partial charge in [-0.2, -0.15) is 0 Å². The van der Waals surface area contributed by atoms with Gasteiger partial charge in [-0.1, -0.05) is 19.3 Å². The summed E-state index contributed by atoms with van der Waals surface area (Å²) >= 11 is 0. The summed E-state index contributed by atoms with van der Waals surface area (Å²) in [4.78, 5) is 27.4. The Morgan fingerprint density at radius 2 is 1.90 bits per heavy atom. The molecule has 2 amide bonds. The van der Waals surface area contributed by atoms with Crippen molar-refractivity contribution >= 4 is 12.0 Å². The molecule has 0 aromatic rings. The zero-order valence-corrected chi connectivity index (χ0v) is 13.3. The monoisotopic (exact) mass is 296 g/mol. The highest BCUT2D eigenvalue weighted by molar-refractivity contribution is 5.78. The van der Waals surface area contributed by atoms with Crippen LogP contribution < -0.4 is 0 Å². The van der Waals surface area contributed by atoms with Crippen molar-refractivity contribution in [3.63, 3.8) is 0 Å². The van der Waals surface area contributed by atoms with Crippen molar-refractivity contribution in [3.05, 3.63) is 0 Å². The van der Waals surface area contributed by atoms with E-state index < -0.39 is 11.4 Å². The molecule has 0 aromatic heterocycles. The SMILES string of the molecule is CN(CC1CCCCC1)C(=O)N1CCCC(C)(C(=O)O)C1. The summed E-state index contributed by atoms with van der Waals surface area (Å²) in [7, 11) is 1.85. The molecule has 0 aromatic carbocycles. The minimum Gasteiger partial charge on any atom is -0.481 e. The highest BCUT2D eigenvalue weighted by Crippen LogP contribution is 2.30. The third-order valence-corrected chi connectivity index (χ3v) is 5.07. The van der Waals surface area contributed by atoms with Gasteiger partial charge in [-0.3, -0.25) is 4.79 Å². The van der Waals surface area contributed by atoms with Crippen molar-refractivity contribution in [2.75, 3.05) is 26.7 Å². The average Bonchev–Trinajstić information content (AvgIpc) is 2.47. The number of carbonyl (C=O) groups excluding carboxylic acids is 1. The van der Waals surface area contributed by atoms with Crippen LogP contribution in [0.3, 0.4) is 0 Å². The second kappa shape index (κ2) is 6.67. The molecule has 1 saturated heterocycles. The van der Waals surface area contributed by atoms with Crippen molar-refractivity contribution < 1.29 is 14.7 Å². The zero-order valence-electron chi connectivity index (χ0n) is 13.3. The lowest BCUT2D eigenvalue weighted by Crippen LogP contribution is -2.52. The van der Waals surface area contributed by atoms with Crippen LogP contribution in [0, 0.1) is 11.3 Å². The van der Waals surface area contributed by atoms with E-state index in [1.54, 1.807) is 16.7 Å². The van der Waals surface area contributed by atoms with Gasteiger partial charge >= 0.3 is 12.0 Å². The molecule has 5 nitrogen and oxygen atoms in total. The topological polar surface area (TPSA) is 60.9 Å². The average molecular weight is 296 g/mol. The van der Waals surface area contributed by atoms with Crippen LogP contribution in [-0.4, -0.2) is 53.6 Å². The molecule has 0 spiro atoms. The summed E-state index contributed by atoms with van der Waals surface area (Å²) in [6, 6.07) is -0.00671. The Hall–Kier alpha value is -1.26. The van der Waals surface area contributed by atoms with E-state index in [0.717, 1.165) is 13.0 Å². The number of carbonyl (C=O) groups is 2. The maximum atomic E-state index is 12.5. The van der Waals surface area contributed by atoms with E-state index in [9.17, 15) is 14.7 Å². The fourth-order valence-electron chi connectivity index (χ4n) is 3.65. The Morgan fingerprint density at radius 3 is 2.52 bits per heavy atom.